The Bertz CT molecular complexity index is 1110. The third kappa shape index (κ3) is 3.38. The number of nitrogens with one attached hydrogen (secondary N) is 1. The van der Waals surface area contributed by atoms with E-state index in [0.717, 1.165) is 11.1 Å². The van der Waals surface area contributed by atoms with Crippen LogP contribution in [0.15, 0.2) is 47.0 Å². The Labute approximate surface area is 155 Å². The third-order valence-electron chi connectivity index (χ3n) is 4.36. The Hall–Kier alpha value is -2.91. The summed E-state index contributed by atoms with van der Waals surface area (Å²) in [4.78, 5) is 12.5. The highest BCUT2D eigenvalue weighted by molar-refractivity contribution is 7.92. The van der Waals surface area contributed by atoms with Gasteiger partial charge in [0.05, 0.1) is 23.7 Å². The molecule has 0 unspecified atom stereocenters. The molecule has 1 N–H and O–H groups in total. The first-order valence-electron chi connectivity index (χ1n) is 8.30. The average molecular weight is 387 g/mol. The number of ether oxygens (including phenoxy) is 1. The molecule has 9 heteroatoms. The predicted molar refractivity (Wildman–Crippen MR) is 100 cm³/mol. The molecule has 1 fully saturated rings. The number of benzene rings is 2. The van der Waals surface area contributed by atoms with E-state index < -0.39 is 10.0 Å². The van der Waals surface area contributed by atoms with Crippen molar-refractivity contribution in [3.63, 3.8) is 0 Å². The monoisotopic (exact) mass is 387 g/mol. The minimum absolute atomic E-state index is 0.0218. The van der Waals surface area contributed by atoms with Gasteiger partial charge in [-0.25, -0.2) is 12.7 Å². The molecule has 1 amide bonds. The van der Waals surface area contributed by atoms with E-state index in [0.29, 0.717) is 22.5 Å². The second-order valence-corrected chi connectivity index (χ2v) is 8.19. The first-order valence-corrected chi connectivity index (χ1v) is 9.90. The van der Waals surface area contributed by atoms with Crippen LogP contribution in [0.25, 0.3) is 11.0 Å². The maximum absolute atomic E-state index is 12.5. The number of nitrogens with zero attached hydrogens (tertiary/aromatic N) is 2. The Balaban J connectivity index is 1.52. The van der Waals surface area contributed by atoms with Gasteiger partial charge < -0.3 is 14.6 Å². The fourth-order valence-corrected chi connectivity index (χ4v) is 4.08. The molecule has 4 rings (SSSR count). The molecule has 140 valence electrons. The molecule has 3 aromatic rings. The minimum atomic E-state index is -3.38. The largest absolute Gasteiger partial charge is 0.359 e. The van der Waals surface area contributed by atoms with Crippen molar-refractivity contribution in [2.45, 2.75) is 6.92 Å². The number of anilines is 2. The van der Waals surface area contributed by atoms with Gasteiger partial charge in [0.25, 0.3) is 5.91 Å². The molecular formula is C18H17N3O5S. The van der Waals surface area contributed by atoms with Crippen molar-refractivity contribution >= 4 is 38.3 Å². The summed E-state index contributed by atoms with van der Waals surface area (Å²) in [6.07, 6.45) is 0. The molecular weight excluding hydrogens is 370 g/mol. The molecule has 1 aliphatic heterocycles. The summed E-state index contributed by atoms with van der Waals surface area (Å²) in [5.41, 5.74) is 2.90. The number of aromatic nitrogens is 1. The zero-order valence-corrected chi connectivity index (χ0v) is 15.3. The van der Waals surface area contributed by atoms with Crippen LogP contribution in [0.4, 0.5) is 11.4 Å². The van der Waals surface area contributed by atoms with Crippen LogP contribution in [0.1, 0.15) is 16.1 Å². The van der Waals surface area contributed by atoms with Gasteiger partial charge in [-0.2, -0.15) is 0 Å². The van der Waals surface area contributed by atoms with E-state index in [4.69, 9.17) is 9.26 Å². The SMILES string of the molecule is Cc1noc2ccc(NC(=O)c3ccc(N4COCCS4(=O)=O)cc3)cc12. The van der Waals surface area contributed by atoms with E-state index in [9.17, 15) is 13.2 Å². The molecule has 27 heavy (non-hydrogen) atoms. The van der Waals surface area contributed by atoms with E-state index in [1.165, 1.54) is 4.31 Å². The first kappa shape index (κ1) is 17.5. The number of sulfonamides is 1. The molecule has 0 saturated carbocycles. The molecule has 1 aromatic heterocycles. The number of amides is 1. The van der Waals surface area contributed by atoms with E-state index in [-0.39, 0.29) is 25.0 Å². The van der Waals surface area contributed by atoms with Crippen molar-refractivity contribution < 1.29 is 22.5 Å². The van der Waals surface area contributed by atoms with Crippen molar-refractivity contribution in [1.82, 2.24) is 5.16 Å². The number of fused-ring (bicyclic) bond motifs is 1. The maximum atomic E-state index is 12.5. The van der Waals surface area contributed by atoms with Gasteiger partial charge in [0.15, 0.2) is 5.58 Å². The summed E-state index contributed by atoms with van der Waals surface area (Å²) in [6.45, 7) is 2.00. The molecule has 2 heterocycles. The Kier molecular flexibility index (Phi) is 4.33. The molecule has 0 spiro atoms. The number of carbonyl (C=O) groups excluding carboxylic acids is 1. The van der Waals surface area contributed by atoms with Crippen molar-refractivity contribution in [1.29, 1.82) is 0 Å². The van der Waals surface area contributed by atoms with Gasteiger partial charge in [-0.05, 0) is 49.4 Å². The van der Waals surface area contributed by atoms with Crippen molar-refractivity contribution in [3.05, 3.63) is 53.7 Å². The summed E-state index contributed by atoms with van der Waals surface area (Å²) in [5.74, 6) is -0.354. The molecule has 0 bridgehead atoms. The lowest BCUT2D eigenvalue weighted by Gasteiger charge is -2.28. The van der Waals surface area contributed by atoms with Crippen LogP contribution >= 0.6 is 0 Å². The fraction of sp³-hybridized carbons (Fsp3) is 0.222. The van der Waals surface area contributed by atoms with Crippen LogP contribution in [0.3, 0.4) is 0 Å². The van der Waals surface area contributed by atoms with Gasteiger partial charge in [0, 0.05) is 16.6 Å². The summed E-state index contributed by atoms with van der Waals surface area (Å²) < 4.78 is 35.8. The molecule has 1 aliphatic rings. The van der Waals surface area contributed by atoms with Crippen LogP contribution < -0.4 is 9.62 Å². The zero-order valence-electron chi connectivity index (χ0n) is 14.5. The molecule has 0 radical (unpaired) electrons. The zero-order chi connectivity index (χ0) is 19.0. The van der Waals surface area contributed by atoms with Crippen molar-refractivity contribution in [2.75, 3.05) is 28.7 Å². The summed E-state index contributed by atoms with van der Waals surface area (Å²) >= 11 is 0. The number of hydrogen-bond donors (Lipinski definition) is 1. The molecule has 0 atom stereocenters. The maximum Gasteiger partial charge on any atom is 0.255 e. The van der Waals surface area contributed by atoms with Crippen LogP contribution in [0.5, 0.6) is 0 Å². The lowest BCUT2D eigenvalue weighted by atomic mass is 10.1. The smallest absolute Gasteiger partial charge is 0.255 e. The fourth-order valence-electron chi connectivity index (χ4n) is 2.86. The molecule has 0 aliphatic carbocycles. The number of aryl methyl sites for hydroxylation is 1. The van der Waals surface area contributed by atoms with Gasteiger partial charge in [-0.1, -0.05) is 5.16 Å². The molecule has 2 aromatic carbocycles. The normalized spacial score (nSPS) is 16.4. The third-order valence-corrected chi connectivity index (χ3v) is 6.03. The molecule has 8 nitrogen and oxygen atoms in total. The number of hydrogen-bond acceptors (Lipinski definition) is 6. The van der Waals surface area contributed by atoms with Crippen LogP contribution in [0, 0.1) is 6.92 Å². The van der Waals surface area contributed by atoms with Gasteiger partial charge in [-0.15, -0.1) is 0 Å². The number of rotatable bonds is 3. The predicted octanol–water partition coefficient (Wildman–Crippen LogP) is 2.51. The minimum Gasteiger partial charge on any atom is -0.359 e. The van der Waals surface area contributed by atoms with E-state index in [1.54, 1.807) is 42.5 Å². The van der Waals surface area contributed by atoms with Gasteiger partial charge >= 0.3 is 0 Å². The topological polar surface area (TPSA) is 102 Å². The second kappa shape index (κ2) is 6.67. The summed E-state index contributed by atoms with van der Waals surface area (Å²) in [6, 6.07) is 11.6. The average Bonchev–Trinajstić information content (AvgIpc) is 3.02. The van der Waals surface area contributed by atoms with Gasteiger partial charge in [0.1, 0.15) is 6.73 Å². The van der Waals surface area contributed by atoms with E-state index in [2.05, 4.69) is 10.5 Å². The Morgan fingerprint density at radius 1 is 1.19 bits per heavy atom. The van der Waals surface area contributed by atoms with Crippen LogP contribution in [-0.4, -0.2) is 38.6 Å². The Morgan fingerprint density at radius 2 is 1.96 bits per heavy atom. The summed E-state index contributed by atoms with van der Waals surface area (Å²) in [5, 5.41) is 7.54. The van der Waals surface area contributed by atoms with Crippen LogP contribution in [-0.2, 0) is 14.8 Å². The quantitative estimate of drug-likeness (QED) is 0.741. The van der Waals surface area contributed by atoms with E-state index in [1.807, 2.05) is 6.92 Å². The molecule has 1 saturated heterocycles. The Morgan fingerprint density at radius 3 is 2.70 bits per heavy atom. The second-order valence-electron chi connectivity index (χ2n) is 6.18. The van der Waals surface area contributed by atoms with Gasteiger partial charge in [0.2, 0.25) is 10.0 Å². The van der Waals surface area contributed by atoms with Crippen molar-refractivity contribution in [3.8, 4) is 0 Å². The van der Waals surface area contributed by atoms with E-state index >= 15 is 0 Å². The number of carbonyl (C=O) groups is 1. The first-order chi connectivity index (χ1) is 12.9. The van der Waals surface area contributed by atoms with Gasteiger partial charge in [-0.3, -0.25) is 4.79 Å². The summed E-state index contributed by atoms with van der Waals surface area (Å²) in [7, 11) is -3.38. The lowest BCUT2D eigenvalue weighted by Crippen LogP contribution is -2.41. The highest BCUT2D eigenvalue weighted by atomic mass is 32.2. The van der Waals surface area contributed by atoms with Crippen LogP contribution in [0.2, 0.25) is 0 Å². The van der Waals surface area contributed by atoms with Crippen molar-refractivity contribution in [2.24, 2.45) is 0 Å². The lowest BCUT2D eigenvalue weighted by molar-refractivity contribution is 0.102. The highest BCUT2D eigenvalue weighted by Crippen LogP contribution is 2.24. The standard InChI is InChI=1S/C18H17N3O5S/c1-12-16-10-14(4-7-17(16)26-20-12)19-18(22)13-2-5-15(6-3-13)21-11-25-8-9-27(21,23)24/h2-7,10H,8-9,11H2,1H3,(H,19,22). The highest BCUT2D eigenvalue weighted by Gasteiger charge is 2.26.